The van der Waals surface area contributed by atoms with Crippen LogP contribution in [0.25, 0.3) is 0 Å². The van der Waals surface area contributed by atoms with Crippen LogP contribution in [0.2, 0.25) is 0 Å². The highest BCUT2D eigenvalue weighted by atomic mass is 16.3. The van der Waals surface area contributed by atoms with E-state index in [1.807, 2.05) is 58.0 Å². The van der Waals surface area contributed by atoms with Gasteiger partial charge in [0, 0.05) is 141 Å². The summed E-state index contributed by atoms with van der Waals surface area (Å²) in [7, 11) is 0. The van der Waals surface area contributed by atoms with Crippen LogP contribution < -0.4 is 101 Å². The standard InChI is InChI=1S/C89H131N19O16/c1-48(2)28-54(36-96-83(118)61-14-9-18-70(61)103-78(113)35-58(32-53-22-26-60(111)27-23-53)100-85(120)63-16-11-17-69(63)98-50(5)109)81(116)105-73-44-94-41-67(73)88(123)108-76-47-93-40-66(76)87(122)101-57(31-51-12-7-6-8-13-51)34-77(112)102-71-19-10-15-62(71)84(119)97-37-55(30-52-20-24-59(110)25-21-52)82(117)106-74-45-95-42-68(74)89(124)107-75-46-92-39-65(75)86(121)99-56(29-49(3)4)33-79(114)104-72-43-91-38-64(72)80(90)115/h6-8,12-13,20-27,48-49,54-58,61-76,91-95,110-111H,9-11,14-19,28-47H2,1-5H3,(H2,90,115)(H,96,118)(H,97,119)(H,98,109)(H,99,121)(H,100,120)(H,101,122)(H,102,112)(H,103,113)(H,104,114)(H,105,116)(H,106,117)(H,107,124)(H,108,123)/t54-,55-,56-,57-,58-,61?,62?,63?,64?,65?,66?,67?,68?,69?,70?,71?,72?,73?,74?,75?,76?/m0/s1. The van der Waals surface area contributed by atoms with Gasteiger partial charge in [0.15, 0.2) is 0 Å². The second-order valence-electron chi connectivity index (χ2n) is 36.4. The zero-order valence-electron chi connectivity index (χ0n) is 72.0. The summed E-state index contributed by atoms with van der Waals surface area (Å²) in [6, 6.07) is 15.9. The fraction of sp³-hybridized carbons (Fsp3) is 0.640. The molecule has 678 valence electrons. The van der Waals surface area contributed by atoms with Gasteiger partial charge in [-0.15, -0.1) is 0 Å². The quantitative estimate of drug-likeness (QED) is 0.0298. The number of nitrogens with one attached hydrogen (secondary N) is 18. The number of carbonyl (C=O) groups excluding carboxylic acids is 14. The topological polar surface area (TPSA) is 522 Å². The first-order chi connectivity index (χ1) is 59.5. The lowest BCUT2D eigenvalue weighted by Crippen LogP contribution is -2.54. The molecule has 3 aromatic rings. The van der Waals surface area contributed by atoms with Gasteiger partial charge in [0.1, 0.15) is 11.5 Å². The minimum Gasteiger partial charge on any atom is -0.508 e. The highest BCUT2D eigenvalue weighted by Gasteiger charge is 2.46. The van der Waals surface area contributed by atoms with Gasteiger partial charge in [0.25, 0.3) is 0 Å². The molecule has 14 amide bonds. The molecule has 8 aliphatic rings. The molecule has 5 saturated heterocycles. The van der Waals surface area contributed by atoms with Crippen molar-refractivity contribution in [2.24, 2.45) is 76.7 Å². The Morgan fingerprint density at radius 1 is 0.347 bits per heavy atom. The van der Waals surface area contributed by atoms with Gasteiger partial charge in [-0.25, -0.2) is 0 Å². The molecule has 0 aromatic heterocycles. The van der Waals surface area contributed by atoms with Gasteiger partial charge in [-0.1, -0.05) is 102 Å². The summed E-state index contributed by atoms with van der Waals surface area (Å²) < 4.78 is 0. The fourth-order valence-corrected chi connectivity index (χ4v) is 19.4. The molecule has 8 fully saturated rings. The van der Waals surface area contributed by atoms with Crippen molar-refractivity contribution in [3.8, 4) is 11.5 Å². The molecule has 16 unspecified atom stereocenters. The summed E-state index contributed by atoms with van der Waals surface area (Å²) in [4.78, 5) is 194. The van der Waals surface area contributed by atoms with E-state index in [2.05, 4.69) is 95.7 Å². The van der Waals surface area contributed by atoms with Crippen LogP contribution in [-0.4, -0.2) is 238 Å². The Balaban J connectivity index is 0.649. The second-order valence-corrected chi connectivity index (χ2v) is 36.4. The fourth-order valence-electron chi connectivity index (χ4n) is 19.4. The maximum absolute atomic E-state index is 14.6. The predicted molar refractivity (Wildman–Crippen MR) is 459 cm³/mol. The third kappa shape index (κ3) is 27.3. The third-order valence-corrected chi connectivity index (χ3v) is 25.9. The minimum absolute atomic E-state index is 0.00141. The lowest BCUT2D eigenvalue weighted by atomic mass is 9.93. The average molecular weight is 1720 g/mol. The number of phenols is 2. The van der Waals surface area contributed by atoms with Crippen molar-refractivity contribution in [2.75, 3.05) is 78.5 Å². The smallest absolute Gasteiger partial charge is 0.226 e. The number of aromatic hydroxyl groups is 2. The van der Waals surface area contributed by atoms with Crippen molar-refractivity contribution < 1.29 is 77.3 Å². The highest BCUT2D eigenvalue weighted by Crippen LogP contribution is 2.31. The van der Waals surface area contributed by atoms with Crippen molar-refractivity contribution in [3.63, 3.8) is 0 Å². The molecular formula is C89H131N19O16. The highest BCUT2D eigenvalue weighted by molar-refractivity contribution is 5.90. The van der Waals surface area contributed by atoms with Crippen LogP contribution >= 0.6 is 0 Å². The zero-order valence-corrected chi connectivity index (χ0v) is 72.0. The second kappa shape index (κ2) is 45.5. The SMILES string of the molecule is CC(=O)NC1CCCC1C(=O)N[C@H](CC(=O)NC1CCCC1C(=O)NC[C@H](CC(C)C)C(=O)NC1CNCC1C(=O)NC1CNCC1C(=O)N[C@H](CC(=O)NC1CCCC1C(=O)NC[C@H](Cc1ccc(O)cc1)C(=O)NC1CNCC1C(=O)NC1CNCC1C(=O)N[C@H](CC(=O)NC1CNCC1C(N)=O)CC(C)C)Cc1ccccc1)Cc1ccc(O)cc1. The molecular weight excluding hydrogens is 1590 g/mol. The molecule has 0 spiro atoms. The molecule has 5 heterocycles. The monoisotopic (exact) mass is 1720 g/mol. The van der Waals surface area contributed by atoms with Gasteiger partial charge >= 0.3 is 0 Å². The van der Waals surface area contributed by atoms with E-state index in [4.69, 9.17) is 5.73 Å². The molecule has 35 heteroatoms. The largest absolute Gasteiger partial charge is 0.508 e. The van der Waals surface area contributed by atoms with E-state index in [0.717, 1.165) is 17.5 Å². The van der Waals surface area contributed by atoms with Crippen LogP contribution in [-0.2, 0) is 86.4 Å². The Hall–Kier alpha value is -10.4. The van der Waals surface area contributed by atoms with Crippen molar-refractivity contribution in [3.05, 3.63) is 95.6 Å². The Bertz CT molecular complexity index is 4200. The van der Waals surface area contributed by atoms with E-state index in [-0.39, 0.29) is 186 Å². The number of benzene rings is 3. The Labute approximate surface area is 724 Å². The number of amides is 14. The number of nitrogens with two attached hydrogens (primary N) is 1. The van der Waals surface area contributed by atoms with E-state index in [9.17, 15) is 77.3 Å². The molecule has 35 nitrogen and oxygen atoms in total. The maximum Gasteiger partial charge on any atom is 0.226 e. The number of hydrogen-bond acceptors (Lipinski definition) is 21. The summed E-state index contributed by atoms with van der Waals surface area (Å²) in [6.07, 6.45) is 6.61. The Kier molecular flexibility index (Phi) is 34.6. The molecule has 124 heavy (non-hydrogen) atoms. The van der Waals surface area contributed by atoms with Gasteiger partial charge in [-0.3, -0.25) is 67.1 Å². The van der Waals surface area contributed by atoms with Crippen LogP contribution in [0, 0.1) is 71.0 Å². The van der Waals surface area contributed by atoms with E-state index < -0.39 is 143 Å². The Morgan fingerprint density at radius 3 is 1.11 bits per heavy atom. The first-order valence-corrected chi connectivity index (χ1v) is 44.7. The van der Waals surface area contributed by atoms with Crippen molar-refractivity contribution in [1.82, 2.24) is 95.7 Å². The molecule has 0 bridgehead atoms. The number of primary amides is 1. The molecule has 3 aliphatic carbocycles. The first-order valence-electron chi connectivity index (χ1n) is 44.7. The van der Waals surface area contributed by atoms with Gasteiger partial charge in [0.05, 0.1) is 89.4 Å². The number of carbonyl (C=O) groups is 14. The molecule has 11 rings (SSSR count). The summed E-state index contributed by atoms with van der Waals surface area (Å²) in [5.74, 6) is -11.5. The molecule has 5 aliphatic heterocycles. The number of rotatable bonds is 41. The average Bonchev–Trinajstić information content (AvgIpc) is 1.72. The molecule has 3 aromatic carbocycles. The van der Waals surface area contributed by atoms with E-state index >= 15 is 0 Å². The van der Waals surface area contributed by atoms with Crippen molar-refractivity contribution >= 4 is 82.7 Å². The number of phenolic OH excluding ortho intramolecular Hbond substituents is 2. The Morgan fingerprint density at radius 2 is 0.685 bits per heavy atom. The maximum atomic E-state index is 14.6. The van der Waals surface area contributed by atoms with E-state index in [0.29, 0.717) is 89.4 Å². The minimum atomic E-state index is -0.862. The molecule has 3 saturated carbocycles. The van der Waals surface area contributed by atoms with Crippen LogP contribution in [0.5, 0.6) is 11.5 Å². The van der Waals surface area contributed by atoms with Crippen LogP contribution in [0.15, 0.2) is 78.9 Å². The van der Waals surface area contributed by atoms with Crippen LogP contribution in [0.4, 0.5) is 0 Å². The van der Waals surface area contributed by atoms with E-state index in [1.165, 1.54) is 31.2 Å². The first kappa shape index (κ1) is 94.3. The van der Waals surface area contributed by atoms with Crippen molar-refractivity contribution in [1.29, 1.82) is 0 Å². The summed E-state index contributed by atoms with van der Waals surface area (Å²) in [6.45, 7) is 12.0. The van der Waals surface area contributed by atoms with Crippen molar-refractivity contribution in [2.45, 2.75) is 210 Å². The predicted octanol–water partition coefficient (Wildman–Crippen LogP) is -1.81. The molecule has 22 N–H and O–H groups in total. The van der Waals surface area contributed by atoms with Gasteiger partial charge in [-0.05, 0) is 123 Å². The molecule has 0 radical (unpaired) electrons. The third-order valence-electron chi connectivity index (χ3n) is 25.9. The summed E-state index contributed by atoms with van der Waals surface area (Å²) >= 11 is 0. The van der Waals surface area contributed by atoms with Gasteiger partial charge in [-0.2, -0.15) is 0 Å². The van der Waals surface area contributed by atoms with Crippen LogP contribution in [0.1, 0.15) is 141 Å². The lowest BCUT2D eigenvalue weighted by Gasteiger charge is -2.28. The van der Waals surface area contributed by atoms with Gasteiger partial charge in [0.2, 0.25) is 82.7 Å². The van der Waals surface area contributed by atoms with Crippen LogP contribution in [0.3, 0.4) is 0 Å². The molecule has 21 atom stereocenters. The lowest BCUT2D eigenvalue weighted by molar-refractivity contribution is -0.132. The summed E-state index contributed by atoms with van der Waals surface area (Å²) in [5, 5.41) is 75.7. The summed E-state index contributed by atoms with van der Waals surface area (Å²) in [5.41, 5.74) is 7.91. The zero-order chi connectivity index (χ0) is 88.7. The number of hydrogen-bond donors (Lipinski definition) is 21. The van der Waals surface area contributed by atoms with Gasteiger partial charge < -0.3 is 112 Å². The van der Waals surface area contributed by atoms with E-state index in [1.54, 1.807) is 24.3 Å². The normalized spacial score (nSPS) is 27.0.